The molecule has 2 N–H and O–H groups in total. The highest BCUT2D eigenvalue weighted by Crippen LogP contribution is 2.14. The second-order valence-corrected chi connectivity index (χ2v) is 5.59. The highest BCUT2D eigenvalue weighted by Gasteiger charge is 2.21. The van der Waals surface area contributed by atoms with Gasteiger partial charge in [0.1, 0.15) is 17.0 Å². The Morgan fingerprint density at radius 1 is 1.28 bits per heavy atom. The van der Waals surface area contributed by atoms with Crippen LogP contribution in [0.15, 0.2) is 59.8 Å². The van der Waals surface area contributed by atoms with E-state index in [0.29, 0.717) is 23.2 Å². The standard InChI is InChI=1S/C18H12N6O/c19-9-13-8-14-17(22-15-5-1-2-7-23(15)18(14)25)24(16(13)20)11-12-4-3-6-21-10-12/h1-8,10,20H,11H2/p+1. The van der Waals surface area contributed by atoms with Gasteiger partial charge in [-0.25, -0.2) is 4.57 Å². The van der Waals surface area contributed by atoms with E-state index in [1.54, 1.807) is 35.3 Å². The van der Waals surface area contributed by atoms with Gasteiger partial charge in [-0.1, -0.05) is 17.1 Å². The molecule has 4 rings (SSSR count). The van der Waals surface area contributed by atoms with Gasteiger partial charge in [-0.3, -0.25) is 14.2 Å². The Bertz CT molecular complexity index is 1210. The van der Waals surface area contributed by atoms with Crippen molar-refractivity contribution >= 4 is 22.5 Å². The Hall–Kier alpha value is -3.79. The summed E-state index contributed by atoms with van der Waals surface area (Å²) in [7, 11) is 0. The van der Waals surface area contributed by atoms with Crippen LogP contribution >= 0.6 is 0 Å². The number of anilines is 1. The van der Waals surface area contributed by atoms with Gasteiger partial charge in [-0.05, 0) is 24.3 Å². The average molecular weight is 329 g/mol. The molecule has 7 heteroatoms. The zero-order valence-electron chi connectivity index (χ0n) is 13.1. The van der Waals surface area contributed by atoms with E-state index < -0.39 is 0 Å². The van der Waals surface area contributed by atoms with Gasteiger partial charge in [-0.2, -0.15) is 5.26 Å². The van der Waals surface area contributed by atoms with E-state index in [4.69, 9.17) is 5.73 Å². The SMILES string of the molecule is N#Cc1cc2c(=O)n3ccccc3nc2[n+](Cc2cccnc2)c1N. The minimum atomic E-state index is -0.239. The first-order valence-electron chi connectivity index (χ1n) is 7.61. The normalized spacial score (nSPS) is 10.8. The van der Waals surface area contributed by atoms with Gasteiger partial charge >= 0.3 is 0 Å². The predicted molar refractivity (Wildman–Crippen MR) is 91.6 cm³/mol. The van der Waals surface area contributed by atoms with E-state index in [-0.39, 0.29) is 16.9 Å². The Kier molecular flexibility index (Phi) is 3.36. The van der Waals surface area contributed by atoms with Gasteiger partial charge < -0.3 is 5.73 Å². The number of nitrogens with zero attached hydrogens (tertiary/aromatic N) is 5. The van der Waals surface area contributed by atoms with Crippen LogP contribution in [0.3, 0.4) is 0 Å². The molecular weight excluding hydrogens is 316 g/mol. The number of rotatable bonds is 2. The van der Waals surface area contributed by atoms with Crippen molar-refractivity contribution in [2.24, 2.45) is 0 Å². The third-order valence-electron chi connectivity index (χ3n) is 4.04. The van der Waals surface area contributed by atoms with Crippen molar-refractivity contribution in [2.75, 3.05) is 5.73 Å². The lowest BCUT2D eigenvalue weighted by atomic mass is 10.2. The van der Waals surface area contributed by atoms with E-state index in [1.165, 1.54) is 10.5 Å². The molecule has 0 spiro atoms. The van der Waals surface area contributed by atoms with Crippen LogP contribution in [-0.2, 0) is 6.54 Å². The van der Waals surface area contributed by atoms with Crippen LogP contribution in [0.1, 0.15) is 11.1 Å². The van der Waals surface area contributed by atoms with Crippen LogP contribution in [0.5, 0.6) is 0 Å². The highest BCUT2D eigenvalue weighted by molar-refractivity contribution is 5.76. The molecule has 0 fully saturated rings. The molecule has 7 nitrogen and oxygen atoms in total. The summed E-state index contributed by atoms with van der Waals surface area (Å²) in [5, 5.41) is 9.73. The zero-order valence-corrected chi connectivity index (χ0v) is 13.1. The summed E-state index contributed by atoms with van der Waals surface area (Å²) >= 11 is 0. The lowest BCUT2D eigenvalue weighted by Gasteiger charge is -2.09. The number of pyridine rings is 3. The molecule has 120 valence electrons. The average Bonchev–Trinajstić information content (AvgIpc) is 2.65. The number of nitriles is 1. The molecule has 0 saturated carbocycles. The maximum Gasteiger partial charge on any atom is 0.278 e. The Morgan fingerprint density at radius 3 is 2.92 bits per heavy atom. The zero-order chi connectivity index (χ0) is 17.4. The first-order valence-corrected chi connectivity index (χ1v) is 7.61. The molecule has 25 heavy (non-hydrogen) atoms. The molecule has 0 aliphatic rings. The third-order valence-corrected chi connectivity index (χ3v) is 4.04. The fraction of sp³-hybridized carbons (Fsp3) is 0.0556. The van der Waals surface area contributed by atoms with Gasteiger partial charge in [0.2, 0.25) is 11.5 Å². The maximum absolute atomic E-state index is 12.8. The maximum atomic E-state index is 12.8. The molecule has 0 unspecified atom stereocenters. The summed E-state index contributed by atoms with van der Waals surface area (Å²) in [4.78, 5) is 21.5. The number of nitrogens with two attached hydrogens (primary N) is 1. The number of aromatic nitrogens is 4. The molecule has 0 atom stereocenters. The van der Waals surface area contributed by atoms with Crippen molar-refractivity contribution in [3.05, 3.63) is 76.5 Å². The van der Waals surface area contributed by atoms with Crippen LogP contribution in [-0.4, -0.2) is 14.4 Å². The van der Waals surface area contributed by atoms with Gasteiger partial charge in [0.25, 0.3) is 11.2 Å². The summed E-state index contributed by atoms with van der Waals surface area (Å²) in [6.45, 7) is 0.362. The minimum absolute atomic E-state index is 0.239. The lowest BCUT2D eigenvalue weighted by molar-refractivity contribution is -0.649. The molecule has 4 heterocycles. The van der Waals surface area contributed by atoms with Gasteiger partial charge in [0.05, 0.1) is 6.54 Å². The molecule has 0 aliphatic heterocycles. The van der Waals surface area contributed by atoms with Crippen molar-refractivity contribution in [1.82, 2.24) is 14.4 Å². The van der Waals surface area contributed by atoms with Crippen molar-refractivity contribution in [3.63, 3.8) is 0 Å². The number of hydrogen-bond donors (Lipinski definition) is 1. The van der Waals surface area contributed by atoms with Crippen LogP contribution in [0.25, 0.3) is 16.7 Å². The van der Waals surface area contributed by atoms with E-state index in [0.717, 1.165) is 5.56 Å². The van der Waals surface area contributed by atoms with Crippen LogP contribution in [0.4, 0.5) is 5.82 Å². The Morgan fingerprint density at radius 2 is 2.16 bits per heavy atom. The molecule has 4 aromatic rings. The smallest absolute Gasteiger partial charge is 0.278 e. The largest absolute Gasteiger partial charge is 0.317 e. The molecule has 0 bridgehead atoms. The van der Waals surface area contributed by atoms with Crippen LogP contribution < -0.4 is 15.9 Å². The molecule has 0 aromatic carbocycles. The first kappa shape index (κ1) is 14.8. The minimum Gasteiger partial charge on any atom is -0.317 e. The van der Waals surface area contributed by atoms with Gasteiger partial charge in [-0.15, -0.1) is 0 Å². The Labute approximate surface area is 142 Å². The van der Waals surface area contributed by atoms with Gasteiger partial charge in [0.15, 0.2) is 0 Å². The topological polar surface area (TPSA) is 101 Å². The van der Waals surface area contributed by atoms with Crippen LogP contribution in [0, 0.1) is 11.3 Å². The van der Waals surface area contributed by atoms with Crippen molar-refractivity contribution in [3.8, 4) is 6.07 Å². The van der Waals surface area contributed by atoms with E-state index in [2.05, 4.69) is 16.0 Å². The second kappa shape index (κ2) is 5.69. The van der Waals surface area contributed by atoms with E-state index in [1.807, 2.05) is 18.2 Å². The molecule has 0 amide bonds. The second-order valence-electron chi connectivity index (χ2n) is 5.59. The van der Waals surface area contributed by atoms with Gasteiger partial charge in [0, 0.05) is 24.2 Å². The lowest BCUT2D eigenvalue weighted by Crippen LogP contribution is -2.41. The predicted octanol–water partition coefficient (Wildman–Crippen LogP) is 1.03. The van der Waals surface area contributed by atoms with Crippen molar-refractivity contribution < 1.29 is 4.57 Å². The van der Waals surface area contributed by atoms with Crippen molar-refractivity contribution in [1.29, 1.82) is 5.26 Å². The highest BCUT2D eigenvalue weighted by atomic mass is 16.1. The summed E-state index contributed by atoms with van der Waals surface area (Å²) < 4.78 is 3.13. The molecular formula is C18H13N6O+. The quantitative estimate of drug-likeness (QED) is 0.437. The fourth-order valence-corrected chi connectivity index (χ4v) is 2.82. The number of nitrogen functional groups attached to an aromatic ring is 1. The monoisotopic (exact) mass is 329 g/mol. The number of fused-ring (bicyclic) bond motifs is 2. The summed E-state index contributed by atoms with van der Waals surface area (Å²) in [5.74, 6) is 0.269. The van der Waals surface area contributed by atoms with Crippen LogP contribution in [0.2, 0.25) is 0 Å². The Balaban J connectivity index is 2.10. The molecule has 0 radical (unpaired) electrons. The molecule has 4 aromatic heterocycles. The third kappa shape index (κ3) is 2.37. The fourth-order valence-electron chi connectivity index (χ4n) is 2.82. The first-order chi connectivity index (χ1) is 12.2. The summed E-state index contributed by atoms with van der Waals surface area (Å²) in [6.07, 6.45) is 5.04. The van der Waals surface area contributed by atoms with Crippen molar-refractivity contribution in [2.45, 2.75) is 6.54 Å². The van der Waals surface area contributed by atoms with E-state index in [9.17, 15) is 10.1 Å². The summed E-state index contributed by atoms with van der Waals surface area (Å²) in [5.41, 5.74) is 8.03. The molecule has 0 aliphatic carbocycles. The molecule has 0 saturated heterocycles. The summed E-state index contributed by atoms with van der Waals surface area (Å²) in [6, 6.07) is 12.6. The number of hydrogen-bond acceptors (Lipinski definition) is 5. The van der Waals surface area contributed by atoms with E-state index >= 15 is 0 Å².